The van der Waals surface area contributed by atoms with E-state index >= 15 is 0 Å². The summed E-state index contributed by atoms with van der Waals surface area (Å²) in [6.45, 7) is 3.63. The quantitative estimate of drug-likeness (QED) is 0.239. The van der Waals surface area contributed by atoms with Crippen LogP contribution in [0.1, 0.15) is 19.4 Å². The van der Waals surface area contributed by atoms with Gasteiger partial charge in [-0.25, -0.2) is 4.98 Å². The molecule has 0 bridgehead atoms. The summed E-state index contributed by atoms with van der Waals surface area (Å²) in [7, 11) is 4.68. The van der Waals surface area contributed by atoms with Crippen LogP contribution in [0, 0.1) is 0 Å². The molecule has 216 valence electrons. The highest BCUT2D eigenvalue weighted by Crippen LogP contribution is 2.31. The predicted molar refractivity (Wildman–Crippen MR) is 141 cm³/mol. The lowest BCUT2D eigenvalue weighted by Crippen LogP contribution is -2.59. The maximum atomic E-state index is 12.4. The molecule has 5 atom stereocenters. The van der Waals surface area contributed by atoms with E-state index in [0.717, 1.165) is 5.56 Å². The summed E-state index contributed by atoms with van der Waals surface area (Å²) in [6, 6.07) is 10.8. The zero-order chi connectivity index (χ0) is 29.0. The summed E-state index contributed by atoms with van der Waals surface area (Å²) in [5.41, 5.74) is 3.04. The van der Waals surface area contributed by atoms with E-state index in [-0.39, 0.29) is 18.0 Å². The summed E-state index contributed by atoms with van der Waals surface area (Å²) in [5.74, 6) is -0.314. The maximum absolute atomic E-state index is 12.4. The van der Waals surface area contributed by atoms with Crippen LogP contribution in [0.25, 0.3) is 16.9 Å². The van der Waals surface area contributed by atoms with E-state index in [1.165, 1.54) is 37.7 Å². The molecule has 0 unspecified atom stereocenters. The summed E-state index contributed by atoms with van der Waals surface area (Å²) in [5, 5.41) is 4.73. The summed E-state index contributed by atoms with van der Waals surface area (Å²) < 4.78 is 65.5. The van der Waals surface area contributed by atoms with Gasteiger partial charge in [-0.3, -0.25) is 0 Å². The fraction of sp³-hybridized carbons (Fsp3) is 0.407. The maximum Gasteiger partial charge on any atom is 0.573 e. The van der Waals surface area contributed by atoms with Gasteiger partial charge in [0.05, 0.1) is 28.9 Å². The van der Waals surface area contributed by atoms with Gasteiger partial charge in [0.15, 0.2) is 6.10 Å². The number of hydrogen-bond donors (Lipinski definition) is 0. The van der Waals surface area contributed by atoms with Gasteiger partial charge in [-0.2, -0.15) is 0 Å². The Labute approximate surface area is 234 Å². The molecule has 2 heterocycles. The second-order valence-corrected chi connectivity index (χ2v) is 9.40. The molecular weight excluding hydrogens is 555 g/mol. The molecular formula is C27H29ClF3N3O6. The largest absolute Gasteiger partial charge is 0.573 e. The van der Waals surface area contributed by atoms with Crippen LogP contribution in [0.4, 0.5) is 13.2 Å². The highest BCUT2D eigenvalue weighted by molar-refractivity contribution is 6.33. The van der Waals surface area contributed by atoms with Gasteiger partial charge in [0, 0.05) is 38.8 Å². The average molecular weight is 584 g/mol. The van der Waals surface area contributed by atoms with Crippen molar-refractivity contribution in [3.63, 3.8) is 0 Å². The van der Waals surface area contributed by atoms with Gasteiger partial charge in [-0.05, 0) is 55.8 Å². The Balaban J connectivity index is 1.51. The van der Waals surface area contributed by atoms with Gasteiger partial charge in [-0.1, -0.05) is 22.8 Å². The number of methoxy groups -OCH3 is 3. The van der Waals surface area contributed by atoms with Crippen molar-refractivity contribution < 1.29 is 41.7 Å². The SMILES string of the molecule is CO[C@@H]1[C@@H](OC)[C@H](C)O[C@@H](O/N=C(\C)c2ccc(Cl)c(-c3cn(-c4ccc(OC(F)(F)F)cc4)cn3)c2)[C@@H]1OC. The molecule has 3 aromatic rings. The minimum Gasteiger partial charge on any atom is -0.406 e. The Morgan fingerprint density at radius 1 is 1.00 bits per heavy atom. The molecule has 9 nitrogen and oxygen atoms in total. The average Bonchev–Trinajstić information content (AvgIpc) is 3.41. The van der Waals surface area contributed by atoms with Gasteiger partial charge in [0.25, 0.3) is 6.29 Å². The number of nitrogens with zero attached hydrogens (tertiary/aromatic N) is 3. The van der Waals surface area contributed by atoms with Crippen molar-refractivity contribution in [3.05, 3.63) is 65.6 Å². The Hall–Kier alpha value is -3.16. The summed E-state index contributed by atoms with van der Waals surface area (Å²) in [4.78, 5) is 10.2. The first-order valence-corrected chi connectivity index (χ1v) is 12.6. The van der Waals surface area contributed by atoms with E-state index in [2.05, 4.69) is 14.9 Å². The minimum absolute atomic E-state index is 0.314. The molecule has 0 spiro atoms. The minimum atomic E-state index is -4.76. The highest BCUT2D eigenvalue weighted by atomic mass is 35.5. The van der Waals surface area contributed by atoms with E-state index in [0.29, 0.717) is 27.7 Å². The summed E-state index contributed by atoms with van der Waals surface area (Å²) >= 11 is 6.48. The monoisotopic (exact) mass is 583 g/mol. The second-order valence-electron chi connectivity index (χ2n) is 9.00. The van der Waals surface area contributed by atoms with Gasteiger partial charge in [0.1, 0.15) is 18.0 Å². The van der Waals surface area contributed by atoms with Crippen molar-refractivity contribution in [1.82, 2.24) is 9.55 Å². The van der Waals surface area contributed by atoms with Crippen LogP contribution in [-0.2, 0) is 23.8 Å². The first-order chi connectivity index (χ1) is 19.0. The lowest BCUT2D eigenvalue weighted by atomic mass is 9.99. The number of ether oxygens (including phenoxy) is 5. The van der Waals surface area contributed by atoms with Crippen molar-refractivity contribution in [2.45, 2.75) is 50.9 Å². The Kier molecular flexibility index (Phi) is 9.37. The van der Waals surface area contributed by atoms with E-state index in [4.69, 9.17) is 35.4 Å². The first-order valence-electron chi connectivity index (χ1n) is 12.2. The third kappa shape index (κ3) is 6.76. The van der Waals surface area contributed by atoms with Crippen LogP contribution in [0.5, 0.6) is 5.75 Å². The zero-order valence-corrected chi connectivity index (χ0v) is 23.1. The van der Waals surface area contributed by atoms with Crippen molar-refractivity contribution >= 4 is 17.3 Å². The highest BCUT2D eigenvalue weighted by Gasteiger charge is 2.47. The number of hydrogen-bond acceptors (Lipinski definition) is 8. The van der Waals surface area contributed by atoms with Crippen LogP contribution in [0.15, 0.2) is 60.1 Å². The Bertz CT molecular complexity index is 1320. The van der Waals surface area contributed by atoms with E-state index < -0.39 is 24.9 Å². The van der Waals surface area contributed by atoms with Crippen molar-refractivity contribution in [2.75, 3.05) is 21.3 Å². The molecule has 1 saturated heterocycles. The molecule has 1 aromatic heterocycles. The van der Waals surface area contributed by atoms with Gasteiger partial charge in [0.2, 0.25) is 0 Å². The molecule has 40 heavy (non-hydrogen) atoms. The second kappa shape index (κ2) is 12.6. The van der Waals surface area contributed by atoms with Crippen molar-refractivity contribution in [1.29, 1.82) is 0 Å². The molecule has 0 radical (unpaired) electrons. The molecule has 0 saturated carbocycles. The smallest absolute Gasteiger partial charge is 0.406 e. The third-order valence-electron chi connectivity index (χ3n) is 6.45. The fourth-order valence-corrected chi connectivity index (χ4v) is 4.67. The normalized spacial score (nSPS) is 23.7. The van der Waals surface area contributed by atoms with E-state index in [9.17, 15) is 13.2 Å². The van der Waals surface area contributed by atoms with Gasteiger partial charge < -0.3 is 33.1 Å². The number of oxime groups is 1. The van der Waals surface area contributed by atoms with E-state index in [1.807, 2.05) is 13.0 Å². The molecule has 4 rings (SSSR count). The molecule has 1 fully saturated rings. The predicted octanol–water partition coefficient (Wildman–Crippen LogP) is 5.62. The number of aromatic nitrogens is 2. The van der Waals surface area contributed by atoms with Gasteiger partial charge >= 0.3 is 6.36 Å². The Morgan fingerprint density at radius 3 is 2.30 bits per heavy atom. The van der Waals surface area contributed by atoms with E-state index in [1.54, 1.807) is 44.0 Å². The fourth-order valence-electron chi connectivity index (χ4n) is 4.45. The van der Waals surface area contributed by atoms with Crippen LogP contribution >= 0.6 is 11.6 Å². The van der Waals surface area contributed by atoms with Crippen LogP contribution in [0.3, 0.4) is 0 Å². The summed E-state index contributed by atoms with van der Waals surface area (Å²) in [6.07, 6.45) is -4.02. The third-order valence-corrected chi connectivity index (χ3v) is 6.78. The van der Waals surface area contributed by atoms with Gasteiger partial charge in [-0.15, -0.1) is 13.2 Å². The number of rotatable bonds is 9. The molecule has 0 aliphatic carbocycles. The molecule has 0 N–H and O–H groups in total. The first kappa shape index (κ1) is 29.8. The lowest BCUT2D eigenvalue weighted by molar-refractivity contribution is -0.305. The van der Waals surface area contributed by atoms with Crippen LogP contribution in [0.2, 0.25) is 5.02 Å². The standard InChI is InChI=1S/C27H29ClF3N3O6/c1-15(33-40-26-25(37-5)24(36-4)23(35-3)16(2)38-26)17-6-11-21(28)20(12-17)22-13-34(14-32-22)18-7-9-19(10-8-18)39-27(29,30)31/h6-14,16,23-26H,1-5H3/b33-15+/t16-,23-,24+,25+,26-/m0/s1. The molecule has 0 amide bonds. The Morgan fingerprint density at radius 2 is 1.68 bits per heavy atom. The van der Waals surface area contributed by atoms with Crippen LogP contribution in [-0.4, -0.2) is 73.7 Å². The molecule has 1 aliphatic heterocycles. The number of alkyl halides is 3. The zero-order valence-electron chi connectivity index (χ0n) is 22.4. The topological polar surface area (TPSA) is 85.6 Å². The van der Waals surface area contributed by atoms with Crippen molar-refractivity contribution in [2.24, 2.45) is 5.16 Å². The number of halogens is 4. The lowest BCUT2D eigenvalue weighted by Gasteiger charge is -2.42. The van der Waals surface area contributed by atoms with Crippen LogP contribution < -0.4 is 4.74 Å². The van der Waals surface area contributed by atoms with Crippen molar-refractivity contribution in [3.8, 4) is 22.7 Å². The molecule has 13 heteroatoms. The molecule has 1 aliphatic rings. The number of imidazole rings is 1. The number of benzene rings is 2. The molecule has 2 aromatic carbocycles.